The molecule has 2 rings (SSSR count). The minimum absolute atomic E-state index is 0.0393. The Morgan fingerprint density at radius 1 is 1.07 bits per heavy atom. The van der Waals surface area contributed by atoms with E-state index < -0.39 is 6.04 Å². The third-order valence-electron chi connectivity index (χ3n) is 4.51. The van der Waals surface area contributed by atoms with Crippen molar-refractivity contribution in [3.63, 3.8) is 0 Å². The van der Waals surface area contributed by atoms with Gasteiger partial charge in [-0.05, 0) is 36.6 Å². The van der Waals surface area contributed by atoms with E-state index in [1.54, 1.807) is 35.8 Å². The SMILES string of the molecule is CC[C@@H](C(=O)NC)N(Cc1ccc(Cl)cc1)C(=O)CSCc1ccc(C)cc1. The molecule has 2 amide bonds. The molecule has 0 saturated carbocycles. The topological polar surface area (TPSA) is 49.4 Å². The van der Waals surface area contributed by atoms with Crippen molar-refractivity contribution in [1.82, 2.24) is 10.2 Å². The van der Waals surface area contributed by atoms with Crippen LogP contribution in [0.5, 0.6) is 0 Å². The highest BCUT2D eigenvalue weighted by atomic mass is 35.5. The summed E-state index contributed by atoms with van der Waals surface area (Å²) in [6, 6.07) is 15.2. The van der Waals surface area contributed by atoms with Crippen molar-refractivity contribution in [3.05, 3.63) is 70.2 Å². The lowest BCUT2D eigenvalue weighted by Gasteiger charge is -2.30. The van der Waals surface area contributed by atoms with Crippen LogP contribution < -0.4 is 5.32 Å². The van der Waals surface area contributed by atoms with Gasteiger partial charge in [-0.1, -0.05) is 60.5 Å². The quantitative estimate of drug-likeness (QED) is 0.655. The Hall–Kier alpha value is -1.98. The molecule has 0 saturated heterocycles. The number of amides is 2. The first kappa shape index (κ1) is 22.3. The van der Waals surface area contributed by atoms with E-state index >= 15 is 0 Å². The third kappa shape index (κ3) is 6.57. The van der Waals surface area contributed by atoms with Gasteiger partial charge in [-0.2, -0.15) is 0 Å². The number of hydrogen-bond acceptors (Lipinski definition) is 3. The summed E-state index contributed by atoms with van der Waals surface area (Å²) in [6.07, 6.45) is 0.557. The molecule has 0 spiro atoms. The van der Waals surface area contributed by atoms with Gasteiger partial charge in [0, 0.05) is 24.4 Å². The highest BCUT2D eigenvalue weighted by Gasteiger charge is 2.27. The smallest absolute Gasteiger partial charge is 0.242 e. The molecule has 0 radical (unpaired) electrons. The van der Waals surface area contributed by atoms with Crippen molar-refractivity contribution in [3.8, 4) is 0 Å². The van der Waals surface area contributed by atoms with Crippen LogP contribution in [0.15, 0.2) is 48.5 Å². The number of carbonyl (C=O) groups excluding carboxylic acids is 2. The zero-order valence-electron chi connectivity index (χ0n) is 16.6. The van der Waals surface area contributed by atoms with Crippen LogP contribution in [0.25, 0.3) is 0 Å². The maximum atomic E-state index is 13.0. The van der Waals surface area contributed by atoms with Crippen molar-refractivity contribution in [2.45, 2.75) is 38.6 Å². The fourth-order valence-corrected chi connectivity index (χ4v) is 3.89. The maximum Gasteiger partial charge on any atom is 0.242 e. The molecule has 0 aliphatic rings. The highest BCUT2D eigenvalue weighted by molar-refractivity contribution is 7.99. The molecule has 0 bridgehead atoms. The summed E-state index contributed by atoms with van der Waals surface area (Å²) in [4.78, 5) is 27.0. The Kier molecular flexibility index (Phi) is 8.87. The number of nitrogens with one attached hydrogen (secondary N) is 1. The normalized spacial score (nSPS) is 11.7. The third-order valence-corrected chi connectivity index (χ3v) is 5.75. The lowest BCUT2D eigenvalue weighted by molar-refractivity contribution is -0.139. The summed E-state index contributed by atoms with van der Waals surface area (Å²) in [5.41, 5.74) is 3.35. The predicted molar refractivity (Wildman–Crippen MR) is 117 cm³/mol. The summed E-state index contributed by atoms with van der Waals surface area (Å²) in [7, 11) is 1.60. The van der Waals surface area contributed by atoms with Gasteiger partial charge >= 0.3 is 0 Å². The van der Waals surface area contributed by atoms with Crippen LogP contribution >= 0.6 is 23.4 Å². The van der Waals surface area contributed by atoms with Gasteiger partial charge in [-0.25, -0.2) is 0 Å². The fraction of sp³-hybridized carbons (Fsp3) is 0.364. The number of thioether (sulfide) groups is 1. The van der Waals surface area contributed by atoms with E-state index in [0.717, 1.165) is 11.3 Å². The lowest BCUT2D eigenvalue weighted by atomic mass is 10.1. The zero-order chi connectivity index (χ0) is 20.5. The van der Waals surface area contributed by atoms with Crippen LogP contribution in [0, 0.1) is 6.92 Å². The lowest BCUT2D eigenvalue weighted by Crippen LogP contribution is -2.48. The molecule has 2 aromatic carbocycles. The molecular weight excluding hydrogens is 392 g/mol. The first-order valence-corrected chi connectivity index (χ1v) is 10.9. The number of aryl methyl sites for hydroxylation is 1. The summed E-state index contributed by atoms with van der Waals surface area (Å²) in [5, 5.41) is 3.32. The van der Waals surface area contributed by atoms with E-state index in [0.29, 0.717) is 23.7 Å². The summed E-state index contributed by atoms with van der Waals surface area (Å²) in [6.45, 7) is 4.35. The Morgan fingerprint density at radius 2 is 1.68 bits per heavy atom. The largest absolute Gasteiger partial charge is 0.357 e. The fourth-order valence-electron chi connectivity index (χ4n) is 2.90. The van der Waals surface area contributed by atoms with Crippen molar-refractivity contribution in [1.29, 1.82) is 0 Å². The monoisotopic (exact) mass is 418 g/mol. The van der Waals surface area contributed by atoms with E-state index in [-0.39, 0.29) is 11.8 Å². The molecule has 0 aromatic heterocycles. The van der Waals surface area contributed by atoms with E-state index in [1.165, 1.54) is 11.1 Å². The number of nitrogens with zero attached hydrogens (tertiary/aromatic N) is 1. The Labute approximate surface area is 176 Å². The minimum atomic E-state index is -0.492. The van der Waals surface area contributed by atoms with Gasteiger partial charge < -0.3 is 10.2 Å². The van der Waals surface area contributed by atoms with Gasteiger partial charge in [0.1, 0.15) is 6.04 Å². The average molecular weight is 419 g/mol. The van der Waals surface area contributed by atoms with E-state index in [4.69, 9.17) is 11.6 Å². The number of likely N-dealkylation sites (N-methyl/N-ethyl adjacent to an activating group) is 1. The Balaban J connectivity index is 2.07. The zero-order valence-corrected chi connectivity index (χ0v) is 18.1. The minimum Gasteiger partial charge on any atom is -0.357 e. The van der Waals surface area contributed by atoms with Crippen molar-refractivity contribution in [2.75, 3.05) is 12.8 Å². The molecule has 0 aliphatic carbocycles. The van der Waals surface area contributed by atoms with Gasteiger partial charge in [0.2, 0.25) is 11.8 Å². The predicted octanol–water partition coefficient (Wildman–Crippen LogP) is 4.44. The molecule has 0 heterocycles. The first-order valence-electron chi connectivity index (χ1n) is 9.33. The van der Waals surface area contributed by atoms with Crippen LogP contribution in [-0.2, 0) is 21.9 Å². The number of hydrogen-bond donors (Lipinski definition) is 1. The summed E-state index contributed by atoms with van der Waals surface area (Å²) < 4.78 is 0. The standard InChI is InChI=1S/C22H27ClN2O2S/c1-4-20(22(27)24-3)25(13-17-9-11-19(23)12-10-17)21(26)15-28-14-18-7-5-16(2)6-8-18/h5-12,20H,4,13-15H2,1-3H3,(H,24,27)/t20-/m0/s1. The molecule has 4 nitrogen and oxygen atoms in total. The molecule has 28 heavy (non-hydrogen) atoms. The molecule has 0 unspecified atom stereocenters. The Morgan fingerprint density at radius 3 is 2.25 bits per heavy atom. The van der Waals surface area contributed by atoms with Gasteiger partial charge in [0.15, 0.2) is 0 Å². The Bertz CT molecular complexity index is 778. The van der Waals surface area contributed by atoms with Gasteiger partial charge in [0.25, 0.3) is 0 Å². The number of halogens is 1. The summed E-state index contributed by atoms with van der Waals surface area (Å²) in [5.74, 6) is 0.905. The molecule has 6 heteroatoms. The second-order valence-electron chi connectivity index (χ2n) is 6.66. The van der Waals surface area contributed by atoms with E-state index in [1.807, 2.05) is 19.1 Å². The summed E-state index contributed by atoms with van der Waals surface area (Å²) >= 11 is 7.53. The van der Waals surface area contributed by atoms with Crippen LogP contribution in [0.4, 0.5) is 0 Å². The molecule has 150 valence electrons. The maximum absolute atomic E-state index is 13.0. The number of rotatable bonds is 9. The molecule has 0 aliphatic heterocycles. The van der Waals surface area contributed by atoms with Crippen LogP contribution in [0.1, 0.15) is 30.0 Å². The molecule has 2 aromatic rings. The van der Waals surface area contributed by atoms with Gasteiger partial charge in [-0.3, -0.25) is 9.59 Å². The van der Waals surface area contributed by atoms with E-state index in [2.05, 4.69) is 36.5 Å². The van der Waals surface area contributed by atoms with Gasteiger partial charge in [0.05, 0.1) is 5.75 Å². The number of benzene rings is 2. The average Bonchev–Trinajstić information content (AvgIpc) is 2.70. The second kappa shape index (κ2) is 11.1. The van der Waals surface area contributed by atoms with Gasteiger partial charge in [-0.15, -0.1) is 11.8 Å². The van der Waals surface area contributed by atoms with Crippen molar-refractivity contribution in [2.24, 2.45) is 0 Å². The van der Waals surface area contributed by atoms with Crippen LogP contribution in [0.2, 0.25) is 5.02 Å². The van der Waals surface area contributed by atoms with Crippen LogP contribution in [0.3, 0.4) is 0 Å². The van der Waals surface area contributed by atoms with Crippen molar-refractivity contribution >= 4 is 35.2 Å². The second-order valence-corrected chi connectivity index (χ2v) is 8.09. The van der Waals surface area contributed by atoms with Crippen molar-refractivity contribution < 1.29 is 9.59 Å². The molecule has 1 N–H and O–H groups in total. The van der Waals surface area contributed by atoms with E-state index in [9.17, 15) is 9.59 Å². The number of carbonyl (C=O) groups is 2. The van der Waals surface area contributed by atoms with Crippen LogP contribution in [-0.4, -0.2) is 35.6 Å². The molecule has 1 atom stereocenters. The highest BCUT2D eigenvalue weighted by Crippen LogP contribution is 2.18. The molecular formula is C22H27ClN2O2S. The first-order chi connectivity index (χ1) is 13.4. The molecule has 0 fully saturated rings.